The van der Waals surface area contributed by atoms with Gasteiger partial charge in [0.1, 0.15) is 29.5 Å². The van der Waals surface area contributed by atoms with Gasteiger partial charge < -0.3 is 30.2 Å². The Morgan fingerprint density at radius 2 is 1.81 bits per heavy atom. The summed E-state index contributed by atoms with van der Waals surface area (Å²) >= 11 is 5.90. The van der Waals surface area contributed by atoms with Crippen LogP contribution in [-0.4, -0.2) is 68.3 Å². The van der Waals surface area contributed by atoms with E-state index in [0.29, 0.717) is 36.8 Å². The summed E-state index contributed by atoms with van der Waals surface area (Å²) in [6.45, 7) is 3.43. The van der Waals surface area contributed by atoms with Gasteiger partial charge in [-0.1, -0.05) is 23.7 Å². The molecule has 1 aliphatic heterocycles. The molecule has 1 aromatic heterocycles. The Labute approximate surface area is 245 Å². The quantitative estimate of drug-likeness (QED) is 0.299. The molecule has 3 amide bonds. The summed E-state index contributed by atoms with van der Waals surface area (Å²) in [7, 11) is 1.50. The van der Waals surface area contributed by atoms with Gasteiger partial charge in [-0.15, -0.1) is 0 Å². The van der Waals surface area contributed by atoms with E-state index in [1.807, 2.05) is 0 Å². The Morgan fingerprint density at radius 1 is 1.07 bits per heavy atom. The predicted octanol–water partition coefficient (Wildman–Crippen LogP) is 4.94. The van der Waals surface area contributed by atoms with Crippen LogP contribution in [0.1, 0.15) is 21.6 Å². The number of urea groups is 1. The van der Waals surface area contributed by atoms with Crippen LogP contribution in [0.3, 0.4) is 0 Å². The first-order valence-electron chi connectivity index (χ1n) is 13.0. The molecule has 0 bridgehead atoms. The van der Waals surface area contributed by atoms with Crippen LogP contribution >= 0.6 is 11.6 Å². The van der Waals surface area contributed by atoms with Crippen molar-refractivity contribution in [3.05, 3.63) is 76.6 Å². The van der Waals surface area contributed by atoms with Crippen LogP contribution in [0.2, 0.25) is 5.02 Å². The number of ether oxygens (including phenoxy) is 3. The number of aromatic nitrogens is 1. The number of halogens is 4. The number of carbonyl (C=O) groups excluding carboxylic acids is 2. The smallest absolute Gasteiger partial charge is 0.417 e. The number of nitrogens with zero attached hydrogens (tertiary/aromatic N) is 2. The highest BCUT2D eigenvalue weighted by atomic mass is 35.5. The number of rotatable bonds is 10. The number of pyridine rings is 1. The molecule has 42 heavy (non-hydrogen) atoms. The zero-order valence-corrected chi connectivity index (χ0v) is 23.3. The van der Waals surface area contributed by atoms with E-state index in [1.165, 1.54) is 19.3 Å². The van der Waals surface area contributed by atoms with Crippen molar-refractivity contribution in [2.75, 3.05) is 51.8 Å². The second-order valence-corrected chi connectivity index (χ2v) is 9.55. The summed E-state index contributed by atoms with van der Waals surface area (Å²) in [5.74, 6) is 0.573. The lowest BCUT2D eigenvalue weighted by Gasteiger charge is -2.26. The van der Waals surface area contributed by atoms with E-state index >= 15 is 0 Å². The molecule has 1 saturated heterocycles. The molecular formula is C28H29ClF3N5O5. The fourth-order valence-electron chi connectivity index (χ4n) is 3.99. The minimum absolute atomic E-state index is 0.0219. The summed E-state index contributed by atoms with van der Waals surface area (Å²) in [6, 6.07) is 10.9. The number of anilines is 1. The number of hydrogen-bond donors (Lipinski definition) is 3. The lowest BCUT2D eigenvalue weighted by Crippen LogP contribution is -2.38. The van der Waals surface area contributed by atoms with Crippen LogP contribution in [0.15, 0.2) is 54.7 Å². The van der Waals surface area contributed by atoms with Gasteiger partial charge in [-0.3, -0.25) is 14.7 Å². The van der Waals surface area contributed by atoms with Crippen LogP contribution in [0.25, 0.3) is 0 Å². The third-order valence-electron chi connectivity index (χ3n) is 6.19. The van der Waals surface area contributed by atoms with Gasteiger partial charge in [0.25, 0.3) is 5.91 Å². The number of nitrogens with one attached hydrogen (secondary N) is 3. The average Bonchev–Trinajstić information content (AvgIpc) is 2.97. The normalized spacial score (nSPS) is 13.7. The minimum Gasteiger partial charge on any atom is -0.490 e. The Bertz CT molecular complexity index is 1390. The van der Waals surface area contributed by atoms with Gasteiger partial charge in [0.05, 0.1) is 29.5 Å². The van der Waals surface area contributed by atoms with Crippen LogP contribution < -0.4 is 25.4 Å². The molecule has 0 spiro atoms. The predicted molar refractivity (Wildman–Crippen MR) is 149 cm³/mol. The standard InChI is InChI=1S/C28H29ClF3N5O5/c1-33-26(38)24-14-20(6-7-34-24)42-19-4-2-18(3-5-19)17-35-27(39)36-23-15-21(28(30,31)32)22(29)16-25(23)41-13-10-37-8-11-40-12-9-37/h2-7,14-16H,8-13,17H2,1H3,(H,33,38)(H2,35,36,39). The molecule has 1 fully saturated rings. The molecule has 1 aliphatic rings. The Morgan fingerprint density at radius 3 is 2.50 bits per heavy atom. The maximum atomic E-state index is 13.5. The van der Waals surface area contributed by atoms with Gasteiger partial charge in [-0.2, -0.15) is 13.2 Å². The molecule has 2 heterocycles. The number of carbonyl (C=O) groups is 2. The molecule has 10 nitrogen and oxygen atoms in total. The van der Waals surface area contributed by atoms with Gasteiger partial charge >= 0.3 is 12.2 Å². The van der Waals surface area contributed by atoms with Crippen LogP contribution in [0.5, 0.6) is 17.2 Å². The summed E-state index contributed by atoms with van der Waals surface area (Å²) < 4.78 is 57.3. The Kier molecular flexibility index (Phi) is 10.4. The van der Waals surface area contributed by atoms with Crippen molar-refractivity contribution >= 4 is 29.2 Å². The number of morpholine rings is 1. The van der Waals surface area contributed by atoms with Crippen LogP contribution in [0, 0.1) is 0 Å². The van der Waals surface area contributed by atoms with Crippen LogP contribution in [-0.2, 0) is 17.5 Å². The first kappa shape index (κ1) is 30.9. The zero-order chi connectivity index (χ0) is 30.1. The minimum atomic E-state index is -4.72. The molecule has 2 aromatic carbocycles. The number of benzene rings is 2. The molecule has 0 unspecified atom stereocenters. The third-order valence-corrected chi connectivity index (χ3v) is 6.51. The van der Waals surface area contributed by atoms with Gasteiger partial charge in [0, 0.05) is 51.6 Å². The molecule has 224 valence electrons. The fraction of sp³-hybridized carbons (Fsp3) is 0.321. The molecule has 3 aromatic rings. The highest BCUT2D eigenvalue weighted by molar-refractivity contribution is 6.31. The third kappa shape index (κ3) is 8.71. The van der Waals surface area contributed by atoms with Gasteiger partial charge in [-0.05, 0) is 29.8 Å². The lowest BCUT2D eigenvalue weighted by atomic mass is 10.1. The van der Waals surface area contributed by atoms with Crippen molar-refractivity contribution in [1.82, 2.24) is 20.5 Å². The van der Waals surface area contributed by atoms with E-state index in [2.05, 4.69) is 25.8 Å². The van der Waals surface area contributed by atoms with E-state index in [4.69, 9.17) is 25.8 Å². The number of amides is 3. The molecule has 4 rings (SSSR count). The van der Waals surface area contributed by atoms with Crippen molar-refractivity contribution in [2.24, 2.45) is 0 Å². The van der Waals surface area contributed by atoms with Gasteiger partial charge in [-0.25, -0.2) is 4.79 Å². The monoisotopic (exact) mass is 607 g/mol. The lowest BCUT2D eigenvalue weighted by molar-refractivity contribution is -0.137. The van der Waals surface area contributed by atoms with Gasteiger partial charge in [0.15, 0.2) is 0 Å². The van der Waals surface area contributed by atoms with Crippen molar-refractivity contribution in [3.8, 4) is 17.2 Å². The highest BCUT2D eigenvalue weighted by Crippen LogP contribution is 2.40. The average molecular weight is 608 g/mol. The van der Waals surface area contributed by atoms with E-state index in [1.54, 1.807) is 30.3 Å². The largest absolute Gasteiger partial charge is 0.490 e. The van der Waals surface area contributed by atoms with Crippen molar-refractivity contribution in [2.45, 2.75) is 12.7 Å². The molecule has 0 saturated carbocycles. The summed E-state index contributed by atoms with van der Waals surface area (Å²) in [4.78, 5) is 30.5. The van der Waals surface area contributed by atoms with Crippen molar-refractivity contribution in [1.29, 1.82) is 0 Å². The topological polar surface area (TPSA) is 114 Å². The summed E-state index contributed by atoms with van der Waals surface area (Å²) in [5.41, 5.74) is -0.349. The zero-order valence-electron chi connectivity index (χ0n) is 22.6. The number of hydrogen-bond acceptors (Lipinski definition) is 7. The first-order valence-corrected chi connectivity index (χ1v) is 13.3. The second-order valence-electron chi connectivity index (χ2n) is 9.14. The molecule has 0 atom stereocenters. The van der Waals surface area contributed by atoms with Crippen molar-refractivity contribution < 1.29 is 37.0 Å². The highest BCUT2D eigenvalue weighted by Gasteiger charge is 2.34. The van der Waals surface area contributed by atoms with Crippen LogP contribution in [0.4, 0.5) is 23.7 Å². The molecule has 0 aliphatic carbocycles. The fourth-order valence-corrected chi connectivity index (χ4v) is 4.25. The van der Waals surface area contributed by atoms with E-state index in [0.717, 1.165) is 25.2 Å². The molecular weight excluding hydrogens is 579 g/mol. The SMILES string of the molecule is CNC(=O)c1cc(Oc2ccc(CNC(=O)Nc3cc(C(F)(F)F)c(Cl)cc3OCCN3CCOCC3)cc2)ccn1. The van der Waals surface area contributed by atoms with E-state index < -0.39 is 22.8 Å². The number of alkyl halides is 3. The summed E-state index contributed by atoms with van der Waals surface area (Å²) in [5, 5.41) is 7.01. The maximum Gasteiger partial charge on any atom is 0.417 e. The Hall–Kier alpha value is -4.07. The first-order chi connectivity index (χ1) is 20.1. The van der Waals surface area contributed by atoms with E-state index in [9.17, 15) is 22.8 Å². The molecule has 3 N–H and O–H groups in total. The molecule has 14 heteroatoms. The summed E-state index contributed by atoms with van der Waals surface area (Å²) in [6.07, 6.45) is -3.27. The second kappa shape index (κ2) is 14.2. The Balaban J connectivity index is 1.36. The van der Waals surface area contributed by atoms with Gasteiger partial charge in [0.2, 0.25) is 0 Å². The van der Waals surface area contributed by atoms with Crippen molar-refractivity contribution in [3.63, 3.8) is 0 Å². The maximum absolute atomic E-state index is 13.5. The van der Waals surface area contributed by atoms with E-state index in [-0.39, 0.29) is 36.2 Å². The molecule has 0 radical (unpaired) electrons.